The Labute approximate surface area is 331 Å². The van der Waals surface area contributed by atoms with Gasteiger partial charge in [-0.25, -0.2) is 0 Å². The summed E-state index contributed by atoms with van der Waals surface area (Å²) in [6, 6.07) is 0. The molecule has 6 aliphatic rings. The van der Waals surface area contributed by atoms with Crippen molar-refractivity contribution in [1.82, 2.24) is 0 Å². The van der Waals surface area contributed by atoms with Crippen molar-refractivity contribution in [2.24, 2.45) is 45.3 Å². The van der Waals surface area contributed by atoms with Gasteiger partial charge in [0.05, 0.1) is 37.1 Å². The largest absolute Gasteiger partial charge is 0.394 e. The molecule has 3 saturated carbocycles. The number of allylic oxidation sites excluding steroid dienone is 1. The van der Waals surface area contributed by atoms with Crippen LogP contribution in [-0.4, -0.2) is 150 Å². The lowest BCUT2D eigenvalue weighted by Gasteiger charge is -2.67. The summed E-state index contributed by atoms with van der Waals surface area (Å²) < 4.78 is 23.9. The molecule has 2 saturated heterocycles. The van der Waals surface area contributed by atoms with E-state index >= 15 is 0 Å². The molecule has 0 radical (unpaired) electrons. The van der Waals surface area contributed by atoms with Crippen LogP contribution in [0.25, 0.3) is 0 Å². The number of rotatable bonds is 11. The summed E-state index contributed by atoms with van der Waals surface area (Å²) in [7, 11) is 0. The summed E-state index contributed by atoms with van der Waals surface area (Å²) in [5.41, 5.74) is -1.23. The van der Waals surface area contributed by atoms with Crippen LogP contribution in [0.4, 0.5) is 0 Å². The Bertz CT molecular complexity index is 1400. The Balaban J connectivity index is 1.17. The van der Waals surface area contributed by atoms with Gasteiger partial charge in [0.2, 0.25) is 0 Å². The third-order valence-corrected chi connectivity index (χ3v) is 16.6. The predicted molar refractivity (Wildman–Crippen MR) is 202 cm³/mol. The molecule has 0 aromatic carbocycles. The van der Waals surface area contributed by atoms with Gasteiger partial charge in [0.1, 0.15) is 48.8 Å². The van der Waals surface area contributed by atoms with Crippen LogP contribution >= 0.6 is 0 Å². The van der Waals surface area contributed by atoms with Crippen LogP contribution < -0.4 is 0 Å². The molecule has 6 rings (SSSR count). The highest BCUT2D eigenvalue weighted by molar-refractivity contribution is 5.32. The zero-order chi connectivity index (χ0) is 41.5. The number of hydrogen-bond acceptors (Lipinski definition) is 14. The first-order chi connectivity index (χ1) is 26.0. The van der Waals surface area contributed by atoms with Crippen molar-refractivity contribution in [3.8, 4) is 0 Å². The van der Waals surface area contributed by atoms with Crippen molar-refractivity contribution in [3.63, 3.8) is 0 Å². The molecule has 0 amide bonds. The van der Waals surface area contributed by atoms with Gasteiger partial charge in [-0.2, -0.15) is 0 Å². The third kappa shape index (κ3) is 7.16. The van der Waals surface area contributed by atoms with Crippen LogP contribution in [0.3, 0.4) is 0 Å². The van der Waals surface area contributed by atoms with Crippen LogP contribution in [0.2, 0.25) is 0 Å². The second kappa shape index (κ2) is 15.9. The number of hydrogen-bond donors (Lipinski definition) is 10. The highest BCUT2D eigenvalue weighted by atomic mass is 16.7. The highest BCUT2D eigenvalue weighted by Gasteiger charge is 2.70. The van der Waals surface area contributed by atoms with Gasteiger partial charge in [-0.3, -0.25) is 0 Å². The average Bonchev–Trinajstić information content (AvgIpc) is 3.40. The molecule has 56 heavy (non-hydrogen) atoms. The maximum Gasteiger partial charge on any atom is 0.187 e. The molecule has 324 valence electrons. The molecule has 20 atom stereocenters. The van der Waals surface area contributed by atoms with E-state index in [4.69, 9.17) is 18.9 Å². The van der Waals surface area contributed by atoms with E-state index in [9.17, 15) is 51.1 Å². The van der Waals surface area contributed by atoms with Gasteiger partial charge in [0.25, 0.3) is 0 Å². The van der Waals surface area contributed by atoms with E-state index in [1.807, 2.05) is 0 Å². The number of aliphatic hydroxyl groups excluding tert-OH is 9. The first-order valence-electron chi connectivity index (χ1n) is 21.0. The fraction of sp³-hybridized carbons (Fsp3) is 0.952. The Hall–Kier alpha value is -0.820. The second-order valence-electron chi connectivity index (χ2n) is 20.2. The average molecular weight is 801 g/mol. The van der Waals surface area contributed by atoms with E-state index in [-0.39, 0.29) is 40.6 Å². The van der Waals surface area contributed by atoms with E-state index in [0.29, 0.717) is 25.7 Å². The molecule has 10 N–H and O–H groups in total. The van der Waals surface area contributed by atoms with Crippen molar-refractivity contribution in [2.75, 3.05) is 13.2 Å². The van der Waals surface area contributed by atoms with Crippen LogP contribution in [0, 0.1) is 45.3 Å². The van der Waals surface area contributed by atoms with Crippen molar-refractivity contribution >= 4 is 0 Å². The Morgan fingerprint density at radius 1 is 0.768 bits per heavy atom. The van der Waals surface area contributed by atoms with E-state index in [1.165, 1.54) is 5.57 Å². The molecule has 5 unspecified atom stereocenters. The van der Waals surface area contributed by atoms with Crippen molar-refractivity contribution in [3.05, 3.63) is 11.6 Å². The molecule has 2 heterocycles. The Morgan fingerprint density at radius 2 is 1.34 bits per heavy atom. The van der Waals surface area contributed by atoms with Gasteiger partial charge in [0, 0.05) is 10.8 Å². The minimum atomic E-state index is -1.58. The summed E-state index contributed by atoms with van der Waals surface area (Å²) in [4.78, 5) is 0. The molecule has 14 nitrogen and oxygen atoms in total. The summed E-state index contributed by atoms with van der Waals surface area (Å²) >= 11 is 0. The molecule has 0 spiro atoms. The molecule has 4 aliphatic carbocycles. The Kier molecular flexibility index (Phi) is 12.7. The summed E-state index contributed by atoms with van der Waals surface area (Å²) in [6.45, 7) is 15.7. The topological polar surface area (TPSA) is 239 Å². The monoisotopic (exact) mass is 800 g/mol. The molecule has 14 heteroatoms. The zero-order valence-electron chi connectivity index (χ0n) is 34.6. The van der Waals surface area contributed by atoms with E-state index < -0.39 is 103 Å². The van der Waals surface area contributed by atoms with Crippen molar-refractivity contribution in [1.29, 1.82) is 0 Å². The number of ether oxygens (including phenoxy) is 4. The highest BCUT2D eigenvalue weighted by Crippen LogP contribution is 2.75. The number of fused-ring (bicyclic) bond motifs is 5. The quantitative estimate of drug-likeness (QED) is 0.132. The van der Waals surface area contributed by atoms with E-state index in [2.05, 4.69) is 47.6 Å². The normalized spacial score (nSPS) is 50.3. The standard InChI is InChI=1S/C42H72O14/c1-20(9-13-29(39(4,5)52)56-37-35(51)33(49)31(47)25(19-44)54-37)21-15-16-40(6)26-12-10-22-23(42(26,8)27(45)17-41(21,40)7)11-14-28(38(22,2)3)55-36-34(50)32(48)30(46)24(18-43)53-36/h10,20-21,23-37,43-52H,9,11-19H2,1-8H3/t20?,21?,23?,24-,25-,26?,27-,28+,29-,30-,31-,32+,33+,34-,35-,36+,37+,40+,41?,42+/m1/s1. The minimum Gasteiger partial charge on any atom is -0.394 e. The summed E-state index contributed by atoms with van der Waals surface area (Å²) in [5, 5.41) is 106. The van der Waals surface area contributed by atoms with Crippen LogP contribution in [0.15, 0.2) is 11.6 Å². The lowest BCUT2D eigenvalue weighted by atomic mass is 9.38. The third-order valence-electron chi connectivity index (χ3n) is 16.6. The lowest BCUT2D eigenvalue weighted by molar-refractivity contribution is -0.322. The fourth-order valence-corrected chi connectivity index (χ4v) is 12.8. The molecule has 0 bridgehead atoms. The van der Waals surface area contributed by atoms with E-state index in [1.54, 1.807) is 13.8 Å². The van der Waals surface area contributed by atoms with Gasteiger partial charge < -0.3 is 70.0 Å². The molecule has 5 fully saturated rings. The first-order valence-corrected chi connectivity index (χ1v) is 21.0. The Morgan fingerprint density at radius 3 is 1.91 bits per heavy atom. The van der Waals surface area contributed by atoms with Gasteiger partial charge in [0.15, 0.2) is 12.6 Å². The van der Waals surface area contributed by atoms with Crippen molar-refractivity contribution < 1.29 is 70.0 Å². The molecule has 0 aromatic rings. The van der Waals surface area contributed by atoms with Crippen molar-refractivity contribution in [2.45, 2.75) is 192 Å². The van der Waals surface area contributed by atoms with Gasteiger partial charge in [-0.1, -0.05) is 53.2 Å². The van der Waals surface area contributed by atoms with E-state index in [0.717, 1.165) is 25.7 Å². The maximum absolute atomic E-state index is 12.5. The molecule has 2 aliphatic heterocycles. The van der Waals surface area contributed by atoms with Gasteiger partial charge >= 0.3 is 0 Å². The fourth-order valence-electron chi connectivity index (χ4n) is 12.8. The number of aliphatic hydroxyl groups is 10. The lowest BCUT2D eigenvalue weighted by Crippen LogP contribution is -2.65. The van der Waals surface area contributed by atoms with Crippen LogP contribution in [0.1, 0.15) is 107 Å². The first kappa shape index (κ1) is 44.7. The van der Waals surface area contributed by atoms with Crippen LogP contribution in [0.5, 0.6) is 0 Å². The molecule has 0 aromatic heterocycles. The maximum atomic E-state index is 12.5. The molecular weight excluding hydrogens is 728 g/mol. The van der Waals surface area contributed by atoms with Gasteiger partial charge in [-0.15, -0.1) is 0 Å². The molecular formula is C42H72O14. The van der Waals surface area contributed by atoms with Crippen LogP contribution in [-0.2, 0) is 18.9 Å². The summed E-state index contributed by atoms with van der Waals surface area (Å²) in [5.74, 6) is 0.800. The second-order valence-corrected chi connectivity index (χ2v) is 20.2. The smallest absolute Gasteiger partial charge is 0.187 e. The zero-order valence-corrected chi connectivity index (χ0v) is 34.6. The SMILES string of the molecule is CC(CC[C@@H](O[C@@H]1O[C@H](CO)[C@@H](O)[C@H](O)[C@H]1O)C(C)(C)O)C1CC[C@@]2(C)C3CC=C4C(CC[C@H](O[C@@H]5O[C@H](CO)[C@@H](O)[C@H](O)[C@H]5O)C4(C)C)[C@]3(C)[C@H](O)CC12C. The van der Waals surface area contributed by atoms with Gasteiger partial charge in [-0.05, 0) is 99.7 Å². The summed E-state index contributed by atoms with van der Waals surface area (Å²) in [6.07, 6.45) is -7.19. The minimum absolute atomic E-state index is 0.0712. The predicted octanol–water partition coefficient (Wildman–Crippen LogP) is 1.12.